The zero-order valence-electron chi connectivity index (χ0n) is 10.1. The van der Waals surface area contributed by atoms with Crippen LogP contribution >= 0.6 is 0 Å². The molecule has 0 atom stereocenters. The molecule has 1 aromatic carbocycles. The van der Waals surface area contributed by atoms with Crippen molar-refractivity contribution in [1.82, 2.24) is 4.57 Å². The van der Waals surface area contributed by atoms with Gasteiger partial charge in [0, 0.05) is 30.1 Å². The number of phenols is 2. The van der Waals surface area contributed by atoms with Gasteiger partial charge in [-0.05, 0) is 18.9 Å². The van der Waals surface area contributed by atoms with E-state index in [1.54, 1.807) is 7.05 Å². The lowest BCUT2D eigenvalue weighted by atomic mass is 10.0. The molecule has 1 heterocycles. The monoisotopic (exact) mass is 233 g/mol. The minimum absolute atomic E-state index is 0.00259. The van der Waals surface area contributed by atoms with Crippen LogP contribution in [0.25, 0.3) is 10.9 Å². The van der Waals surface area contributed by atoms with E-state index in [2.05, 4.69) is 0 Å². The largest absolute Gasteiger partial charge is 0.508 e. The van der Waals surface area contributed by atoms with Gasteiger partial charge in [-0.2, -0.15) is 0 Å². The van der Waals surface area contributed by atoms with Crippen LogP contribution in [0.3, 0.4) is 0 Å². The van der Waals surface area contributed by atoms with Crippen LogP contribution in [0.5, 0.6) is 11.5 Å². The summed E-state index contributed by atoms with van der Waals surface area (Å²) < 4.78 is 1.46. The van der Waals surface area contributed by atoms with Crippen LogP contribution in [-0.2, 0) is 13.5 Å². The molecule has 4 nitrogen and oxygen atoms in total. The highest BCUT2D eigenvalue weighted by Crippen LogP contribution is 2.32. The molecule has 17 heavy (non-hydrogen) atoms. The molecule has 0 aliphatic heterocycles. The number of nitrogens with zero attached hydrogens (tertiary/aromatic N) is 1. The van der Waals surface area contributed by atoms with E-state index in [1.807, 2.05) is 13.8 Å². The maximum absolute atomic E-state index is 12.1. The van der Waals surface area contributed by atoms with Crippen LogP contribution in [0.15, 0.2) is 16.9 Å². The lowest BCUT2D eigenvalue weighted by Gasteiger charge is -2.13. The molecule has 0 unspecified atom stereocenters. The zero-order chi connectivity index (χ0) is 12.7. The van der Waals surface area contributed by atoms with Crippen molar-refractivity contribution in [3.05, 3.63) is 33.6 Å². The Morgan fingerprint density at radius 3 is 2.53 bits per heavy atom. The maximum Gasteiger partial charge on any atom is 0.254 e. The molecule has 2 rings (SSSR count). The van der Waals surface area contributed by atoms with Crippen LogP contribution < -0.4 is 5.56 Å². The van der Waals surface area contributed by atoms with Crippen LogP contribution in [0, 0.1) is 6.92 Å². The lowest BCUT2D eigenvalue weighted by Crippen LogP contribution is -2.22. The van der Waals surface area contributed by atoms with Crippen LogP contribution in [0.4, 0.5) is 0 Å². The molecule has 2 aromatic rings. The van der Waals surface area contributed by atoms with E-state index in [9.17, 15) is 15.0 Å². The van der Waals surface area contributed by atoms with Gasteiger partial charge in [0.05, 0.1) is 5.52 Å². The van der Waals surface area contributed by atoms with Gasteiger partial charge in [0.15, 0.2) is 0 Å². The second-order valence-corrected chi connectivity index (χ2v) is 4.18. The number of phenolic OH excluding ortho intramolecular Hbond substituents is 2. The molecule has 0 radical (unpaired) electrons. The van der Waals surface area contributed by atoms with Gasteiger partial charge in [0.2, 0.25) is 0 Å². The Morgan fingerprint density at radius 1 is 1.29 bits per heavy atom. The predicted octanol–water partition coefficient (Wildman–Crippen LogP) is 1.82. The molecule has 0 amide bonds. The first-order valence-electron chi connectivity index (χ1n) is 5.51. The van der Waals surface area contributed by atoms with E-state index >= 15 is 0 Å². The highest BCUT2D eigenvalue weighted by Gasteiger charge is 2.14. The molecule has 4 heteroatoms. The Kier molecular flexibility index (Phi) is 2.58. The topological polar surface area (TPSA) is 62.5 Å². The molecule has 90 valence electrons. The van der Waals surface area contributed by atoms with Crippen molar-refractivity contribution in [3.8, 4) is 11.5 Å². The molecule has 0 spiro atoms. The number of aromatic hydroxyl groups is 2. The number of hydrogen-bond acceptors (Lipinski definition) is 3. The fourth-order valence-electron chi connectivity index (χ4n) is 2.29. The Balaban J connectivity index is 3.09. The summed E-state index contributed by atoms with van der Waals surface area (Å²) in [7, 11) is 1.64. The SMILES string of the molecule is CCc1c(C)c2c(O)cc(O)cc2n(C)c1=O. The third-order valence-electron chi connectivity index (χ3n) is 3.19. The minimum Gasteiger partial charge on any atom is -0.508 e. The standard InChI is InChI=1S/C13H15NO3/c1-4-9-7(2)12-10(14(3)13(9)17)5-8(15)6-11(12)16/h5-6,15-16H,4H2,1-3H3. The Bertz CT molecular complexity index is 656. The second kappa shape index (κ2) is 3.80. The van der Waals surface area contributed by atoms with Gasteiger partial charge in [-0.1, -0.05) is 6.92 Å². The van der Waals surface area contributed by atoms with Crippen molar-refractivity contribution in [2.24, 2.45) is 7.05 Å². The van der Waals surface area contributed by atoms with Gasteiger partial charge in [-0.15, -0.1) is 0 Å². The summed E-state index contributed by atoms with van der Waals surface area (Å²) in [4.78, 5) is 12.1. The van der Waals surface area contributed by atoms with Crippen molar-refractivity contribution < 1.29 is 10.2 Å². The maximum atomic E-state index is 12.1. The highest BCUT2D eigenvalue weighted by molar-refractivity contribution is 5.90. The van der Waals surface area contributed by atoms with Crippen molar-refractivity contribution in [2.45, 2.75) is 20.3 Å². The summed E-state index contributed by atoms with van der Waals surface area (Å²) in [6, 6.07) is 2.78. The number of benzene rings is 1. The summed E-state index contributed by atoms with van der Waals surface area (Å²) in [5.74, 6) is -0.0450. The van der Waals surface area contributed by atoms with Gasteiger partial charge < -0.3 is 14.8 Å². The molecule has 0 aliphatic carbocycles. The smallest absolute Gasteiger partial charge is 0.254 e. The number of aromatic nitrogens is 1. The van der Waals surface area contributed by atoms with Crippen molar-refractivity contribution in [2.75, 3.05) is 0 Å². The van der Waals surface area contributed by atoms with Crippen LogP contribution in [-0.4, -0.2) is 14.8 Å². The Hall–Kier alpha value is -1.97. The molecule has 1 aromatic heterocycles. The minimum atomic E-state index is -0.0810. The number of pyridine rings is 1. The molecular weight excluding hydrogens is 218 g/mol. The van der Waals surface area contributed by atoms with E-state index in [4.69, 9.17) is 0 Å². The Labute approximate surface area is 98.8 Å². The Morgan fingerprint density at radius 2 is 1.94 bits per heavy atom. The van der Waals surface area contributed by atoms with Gasteiger partial charge in [0.1, 0.15) is 11.5 Å². The molecule has 2 N–H and O–H groups in total. The normalized spacial score (nSPS) is 11.0. The summed E-state index contributed by atoms with van der Waals surface area (Å²) in [6.07, 6.45) is 0.620. The molecule has 0 bridgehead atoms. The van der Waals surface area contributed by atoms with Gasteiger partial charge in [-0.3, -0.25) is 4.79 Å². The number of aryl methyl sites for hydroxylation is 2. The summed E-state index contributed by atoms with van der Waals surface area (Å²) >= 11 is 0. The average Bonchev–Trinajstić information content (AvgIpc) is 2.25. The first-order valence-corrected chi connectivity index (χ1v) is 5.51. The fourth-order valence-corrected chi connectivity index (χ4v) is 2.29. The third-order valence-corrected chi connectivity index (χ3v) is 3.19. The van der Waals surface area contributed by atoms with E-state index in [1.165, 1.54) is 16.7 Å². The van der Waals surface area contributed by atoms with E-state index in [-0.39, 0.29) is 17.1 Å². The summed E-state index contributed by atoms with van der Waals surface area (Å²) in [5.41, 5.74) is 1.94. The van der Waals surface area contributed by atoms with Gasteiger partial charge in [0.25, 0.3) is 5.56 Å². The number of hydrogen-bond donors (Lipinski definition) is 2. The van der Waals surface area contributed by atoms with E-state index in [0.717, 1.165) is 5.56 Å². The quantitative estimate of drug-likeness (QED) is 0.789. The number of rotatable bonds is 1. The fraction of sp³-hybridized carbons (Fsp3) is 0.308. The highest BCUT2D eigenvalue weighted by atomic mass is 16.3. The van der Waals surface area contributed by atoms with Crippen molar-refractivity contribution >= 4 is 10.9 Å². The summed E-state index contributed by atoms with van der Waals surface area (Å²) in [5, 5.41) is 20.0. The van der Waals surface area contributed by atoms with Gasteiger partial charge in [-0.25, -0.2) is 0 Å². The number of fused-ring (bicyclic) bond motifs is 1. The second-order valence-electron chi connectivity index (χ2n) is 4.18. The van der Waals surface area contributed by atoms with Crippen LogP contribution in [0.2, 0.25) is 0 Å². The molecule has 0 fully saturated rings. The van der Waals surface area contributed by atoms with Crippen LogP contribution in [0.1, 0.15) is 18.1 Å². The van der Waals surface area contributed by atoms with E-state index < -0.39 is 0 Å². The molecule has 0 aliphatic rings. The van der Waals surface area contributed by atoms with Crippen molar-refractivity contribution in [1.29, 1.82) is 0 Å². The predicted molar refractivity (Wildman–Crippen MR) is 66.6 cm³/mol. The average molecular weight is 233 g/mol. The summed E-state index contributed by atoms with van der Waals surface area (Å²) in [6.45, 7) is 3.73. The first-order chi connectivity index (χ1) is 7.97. The lowest BCUT2D eigenvalue weighted by molar-refractivity contribution is 0.454. The molecular formula is C13H15NO3. The van der Waals surface area contributed by atoms with E-state index in [0.29, 0.717) is 22.9 Å². The first kappa shape index (κ1) is 11.5. The molecule has 0 saturated carbocycles. The van der Waals surface area contributed by atoms with Gasteiger partial charge >= 0.3 is 0 Å². The van der Waals surface area contributed by atoms with Crippen molar-refractivity contribution in [3.63, 3.8) is 0 Å². The third kappa shape index (κ3) is 1.56. The molecule has 0 saturated heterocycles. The zero-order valence-corrected chi connectivity index (χ0v) is 10.1.